The molecule has 94 valence electrons. The molecule has 0 N–H and O–H groups in total. The van der Waals surface area contributed by atoms with Crippen molar-refractivity contribution in [2.24, 2.45) is 28.6 Å². The van der Waals surface area contributed by atoms with Crippen molar-refractivity contribution in [3.63, 3.8) is 0 Å². The Hall–Kier alpha value is 0. The Balaban J connectivity index is 2.27. The van der Waals surface area contributed by atoms with Gasteiger partial charge in [-0.15, -0.1) is 0 Å². The highest BCUT2D eigenvalue weighted by molar-refractivity contribution is 5.01. The Morgan fingerprint density at radius 2 is 1.50 bits per heavy atom. The van der Waals surface area contributed by atoms with Crippen LogP contribution in [0.1, 0.15) is 73.1 Å². The predicted octanol–water partition coefficient (Wildman–Crippen LogP) is 5.28. The Labute approximate surface area is 102 Å². The molecule has 0 spiro atoms. The molecule has 2 fully saturated rings. The molecule has 0 heterocycles. The molecule has 0 aromatic rings. The third-order valence-corrected chi connectivity index (χ3v) is 6.40. The lowest BCUT2D eigenvalue weighted by molar-refractivity contribution is 0.00233. The summed E-state index contributed by atoms with van der Waals surface area (Å²) in [5.41, 5.74) is 1.17. The maximum absolute atomic E-state index is 2.59. The molecule has 0 saturated heterocycles. The fraction of sp³-hybridized carbons (Fsp3) is 1.00. The van der Waals surface area contributed by atoms with Crippen LogP contribution in [0.15, 0.2) is 0 Å². The molecular formula is C16H30. The van der Waals surface area contributed by atoms with Gasteiger partial charge in [0.25, 0.3) is 0 Å². The summed E-state index contributed by atoms with van der Waals surface area (Å²) in [4.78, 5) is 0. The van der Waals surface area contributed by atoms with E-state index >= 15 is 0 Å². The van der Waals surface area contributed by atoms with Crippen molar-refractivity contribution < 1.29 is 0 Å². The average Bonchev–Trinajstić information content (AvgIpc) is 2.50. The van der Waals surface area contributed by atoms with E-state index in [1.165, 1.54) is 38.5 Å². The Kier molecular flexibility index (Phi) is 3.14. The maximum Gasteiger partial charge on any atom is -0.0244 e. The molecule has 0 aliphatic heterocycles. The largest absolute Gasteiger partial charge is 0.0625 e. The molecular weight excluding hydrogens is 192 g/mol. The van der Waals surface area contributed by atoms with Gasteiger partial charge in [0, 0.05) is 0 Å². The van der Waals surface area contributed by atoms with E-state index < -0.39 is 0 Å². The third-order valence-electron chi connectivity index (χ3n) is 6.40. The predicted molar refractivity (Wildman–Crippen MR) is 71.4 cm³/mol. The van der Waals surface area contributed by atoms with Gasteiger partial charge in [0.1, 0.15) is 0 Å². The quantitative estimate of drug-likeness (QED) is 0.523. The molecule has 0 heteroatoms. The van der Waals surface area contributed by atoms with Crippen molar-refractivity contribution in [1.29, 1.82) is 0 Å². The van der Waals surface area contributed by atoms with Crippen LogP contribution in [0.25, 0.3) is 0 Å². The summed E-state index contributed by atoms with van der Waals surface area (Å²) in [6.45, 7) is 12.6. The van der Waals surface area contributed by atoms with Gasteiger partial charge in [-0.05, 0) is 54.3 Å². The van der Waals surface area contributed by atoms with Gasteiger partial charge in [-0.3, -0.25) is 0 Å². The van der Waals surface area contributed by atoms with Crippen LogP contribution in [0.3, 0.4) is 0 Å². The van der Waals surface area contributed by atoms with Crippen molar-refractivity contribution in [2.45, 2.75) is 73.1 Å². The lowest BCUT2D eigenvalue weighted by Gasteiger charge is -2.49. The van der Waals surface area contributed by atoms with Gasteiger partial charge in [0.15, 0.2) is 0 Å². The molecule has 0 radical (unpaired) electrons. The first kappa shape index (κ1) is 12.5. The Morgan fingerprint density at radius 1 is 0.812 bits per heavy atom. The van der Waals surface area contributed by atoms with Crippen molar-refractivity contribution in [2.75, 3.05) is 0 Å². The molecule has 16 heavy (non-hydrogen) atoms. The van der Waals surface area contributed by atoms with Crippen molar-refractivity contribution >= 4 is 0 Å². The molecule has 2 aliphatic rings. The fourth-order valence-corrected chi connectivity index (χ4v) is 4.49. The first-order valence-corrected chi connectivity index (χ1v) is 7.37. The van der Waals surface area contributed by atoms with Crippen LogP contribution in [-0.2, 0) is 0 Å². The normalized spacial score (nSPS) is 48.2. The molecule has 0 nitrogen and oxygen atoms in total. The van der Waals surface area contributed by atoms with Gasteiger partial charge >= 0.3 is 0 Å². The first-order valence-electron chi connectivity index (χ1n) is 7.37. The van der Waals surface area contributed by atoms with E-state index in [4.69, 9.17) is 0 Å². The minimum Gasteiger partial charge on any atom is -0.0625 e. The second-order valence-corrected chi connectivity index (χ2v) is 7.64. The van der Waals surface area contributed by atoms with E-state index in [-0.39, 0.29) is 0 Å². The summed E-state index contributed by atoms with van der Waals surface area (Å²) in [7, 11) is 0. The van der Waals surface area contributed by atoms with Crippen molar-refractivity contribution in [1.82, 2.24) is 0 Å². The van der Waals surface area contributed by atoms with Gasteiger partial charge in [0.05, 0.1) is 0 Å². The van der Waals surface area contributed by atoms with Crippen LogP contribution in [0.4, 0.5) is 0 Å². The highest BCUT2D eigenvalue weighted by atomic mass is 14.6. The maximum atomic E-state index is 2.59. The van der Waals surface area contributed by atoms with Crippen LogP contribution in [0.2, 0.25) is 0 Å². The molecule has 4 unspecified atom stereocenters. The van der Waals surface area contributed by atoms with E-state index in [1.807, 2.05) is 0 Å². The van der Waals surface area contributed by atoms with Gasteiger partial charge in [-0.2, -0.15) is 0 Å². The topological polar surface area (TPSA) is 0 Å². The lowest BCUT2D eigenvalue weighted by Crippen LogP contribution is -2.41. The zero-order valence-electron chi connectivity index (χ0n) is 12.0. The second kappa shape index (κ2) is 4.03. The van der Waals surface area contributed by atoms with E-state index in [9.17, 15) is 0 Å². The van der Waals surface area contributed by atoms with Crippen LogP contribution >= 0.6 is 0 Å². The van der Waals surface area contributed by atoms with E-state index in [0.717, 1.165) is 17.8 Å². The molecule has 2 rings (SSSR count). The zero-order chi connectivity index (χ0) is 12.0. The van der Waals surface area contributed by atoms with Crippen LogP contribution < -0.4 is 0 Å². The standard InChI is InChI=1S/C16H30/c1-12-6-7-14-13(2)9-11-16(14,5)15(3,4)10-8-12/h12-14H,6-11H2,1-5H3. The van der Waals surface area contributed by atoms with Gasteiger partial charge in [-0.1, -0.05) is 47.5 Å². The van der Waals surface area contributed by atoms with Crippen LogP contribution in [0.5, 0.6) is 0 Å². The molecule has 0 aromatic carbocycles. The molecule has 0 bridgehead atoms. The van der Waals surface area contributed by atoms with Crippen LogP contribution in [0, 0.1) is 28.6 Å². The molecule has 2 aliphatic carbocycles. The van der Waals surface area contributed by atoms with Crippen molar-refractivity contribution in [3.8, 4) is 0 Å². The van der Waals surface area contributed by atoms with Gasteiger partial charge in [0.2, 0.25) is 0 Å². The summed E-state index contributed by atoms with van der Waals surface area (Å²) in [6, 6.07) is 0. The minimum absolute atomic E-state index is 0.553. The molecule has 0 aromatic heterocycles. The smallest absolute Gasteiger partial charge is 0.0244 e. The molecule has 2 saturated carbocycles. The van der Waals surface area contributed by atoms with E-state index in [2.05, 4.69) is 34.6 Å². The summed E-state index contributed by atoms with van der Waals surface area (Å²) in [5.74, 6) is 2.91. The highest BCUT2D eigenvalue weighted by Crippen LogP contribution is 2.61. The van der Waals surface area contributed by atoms with Crippen molar-refractivity contribution in [3.05, 3.63) is 0 Å². The summed E-state index contributed by atoms with van der Waals surface area (Å²) < 4.78 is 0. The fourth-order valence-electron chi connectivity index (χ4n) is 4.49. The van der Waals surface area contributed by atoms with Gasteiger partial charge < -0.3 is 0 Å². The molecule has 4 atom stereocenters. The monoisotopic (exact) mass is 222 g/mol. The van der Waals surface area contributed by atoms with E-state index in [1.54, 1.807) is 0 Å². The Bertz CT molecular complexity index is 253. The number of rotatable bonds is 0. The number of hydrogen-bond donors (Lipinski definition) is 0. The summed E-state index contributed by atoms with van der Waals surface area (Å²) in [5, 5.41) is 0. The number of fused-ring (bicyclic) bond motifs is 1. The average molecular weight is 222 g/mol. The molecule has 0 amide bonds. The second-order valence-electron chi connectivity index (χ2n) is 7.64. The summed E-state index contributed by atoms with van der Waals surface area (Å²) >= 11 is 0. The lowest BCUT2D eigenvalue weighted by atomic mass is 9.56. The first-order chi connectivity index (χ1) is 7.37. The SMILES string of the molecule is CC1CCC2C(C)CCC2(C)C(C)(C)CC1. The third kappa shape index (κ3) is 1.83. The summed E-state index contributed by atoms with van der Waals surface area (Å²) in [6.07, 6.45) is 8.79. The van der Waals surface area contributed by atoms with Crippen LogP contribution in [-0.4, -0.2) is 0 Å². The number of hydrogen-bond acceptors (Lipinski definition) is 0. The zero-order valence-corrected chi connectivity index (χ0v) is 12.0. The van der Waals surface area contributed by atoms with E-state index in [0.29, 0.717) is 10.8 Å². The Morgan fingerprint density at radius 3 is 2.19 bits per heavy atom. The highest BCUT2D eigenvalue weighted by Gasteiger charge is 2.52. The minimum atomic E-state index is 0.553. The van der Waals surface area contributed by atoms with Gasteiger partial charge in [-0.25, -0.2) is 0 Å².